The van der Waals surface area contributed by atoms with Gasteiger partial charge in [0, 0.05) is 11.9 Å². The van der Waals surface area contributed by atoms with E-state index >= 15 is 0 Å². The number of nitrogens with one attached hydrogen (secondary N) is 1. The van der Waals surface area contributed by atoms with Gasteiger partial charge in [0.1, 0.15) is 0 Å². The molecule has 1 heterocycles. The second-order valence-corrected chi connectivity index (χ2v) is 2.02. The first-order chi connectivity index (χ1) is 5.74. The fourth-order valence-corrected chi connectivity index (χ4v) is 0.707. The molecule has 0 spiro atoms. The number of nitriles is 1. The highest BCUT2D eigenvalue weighted by Crippen LogP contribution is 2.03. The van der Waals surface area contributed by atoms with E-state index in [0.717, 1.165) is 0 Å². The Morgan fingerprint density at radius 2 is 2.58 bits per heavy atom. The van der Waals surface area contributed by atoms with E-state index < -0.39 is 10.6 Å². The first kappa shape index (κ1) is 8.01. The Kier molecular flexibility index (Phi) is 2.23. The maximum Gasteiger partial charge on any atom is 0.347 e. The van der Waals surface area contributed by atoms with Crippen LogP contribution in [0.4, 0.5) is 0 Å². The van der Waals surface area contributed by atoms with Gasteiger partial charge in [-0.05, 0) is 12.1 Å². The largest absolute Gasteiger partial charge is 0.361 e. The molecule has 0 aromatic carbocycles. The van der Waals surface area contributed by atoms with Crippen LogP contribution in [0.15, 0.2) is 24.0 Å². The SMILES string of the molecule is N#CC(=Cc1ccc[nH]1)[N+](=O)[O-]. The van der Waals surface area contributed by atoms with Crippen molar-refractivity contribution in [3.63, 3.8) is 0 Å². The lowest BCUT2D eigenvalue weighted by atomic mass is 10.3. The van der Waals surface area contributed by atoms with E-state index in [1.54, 1.807) is 18.3 Å². The molecule has 5 nitrogen and oxygen atoms in total. The van der Waals surface area contributed by atoms with E-state index in [0.29, 0.717) is 5.69 Å². The van der Waals surface area contributed by atoms with Crippen LogP contribution in [0.25, 0.3) is 6.08 Å². The van der Waals surface area contributed by atoms with Crippen LogP contribution in [-0.4, -0.2) is 9.91 Å². The standard InChI is InChI=1S/C7H5N3O2/c8-5-7(10(11)12)4-6-2-1-3-9-6/h1-4,9H. The summed E-state index contributed by atoms with van der Waals surface area (Å²) in [7, 11) is 0. The molecule has 0 fully saturated rings. The van der Waals surface area contributed by atoms with Crippen LogP contribution in [0, 0.1) is 21.4 Å². The van der Waals surface area contributed by atoms with Gasteiger partial charge >= 0.3 is 5.70 Å². The van der Waals surface area contributed by atoms with Gasteiger partial charge in [0.25, 0.3) is 0 Å². The summed E-state index contributed by atoms with van der Waals surface area (Å²) in [5, 5.41) is 18.5. The normalized spacial score (nSPS) is 10.8. The second kappa shape index (κ2) is 3.34. The predicted octanol–water partition coefficient (Wildman–Crippen LogP) is 1.16. The van der Waals surface area contributed by atoms with Crippen LogP contribution in [0.3, 0.4) is 0 Å². The molecule has 0 radical (unpaired) electrons. The summed E-state index contributed by atoms with van der Waals surface area (Å²) in [6.07, 6.45) is 2.81. The molecule has 60 valence electrons. The summed E-state index contributed by atoms with van der Waals surface area (Å²) >= 11 is 0. The first-order valence-corrected chi connectivity index (χ1v) is 3.13. The lowest BCUT2D eigenvalue weighted by molar-refractivity contribution is -0.415. The van der Waals surface area contributed by atoms with Crippen molar-refractivity contribution in [1.82, 2.24) is 4.98 Å². The topological polar surface area (TPSA) is 82.7 Å². The van der Waals surface area contributed by atoms with Crippen LogP contribution in [0.2, 0.25) is 0 Å². The Bertz CT molecular complexity index is 345. The van der Waals surface area contributed by atoms with Crippen molar-refractivity contribution < 1.29 is 4.92 Å². The Hall–Kier alpha value is -2.09. The Labute approximate surface area is 68.1 Å². The van der Waals surface area contributed by atoms with Crippen LogP contribution < -0.4 is 0 Å². The molecule has 0 bridgehead atoms. The minimum absolute atomic E-state index is 0.475. The summed E-state index contributed by atoms with van der Waals surface area (Å²) in [6, 6.07) is 4.82. The highest BCUT2D eigenvalue weighted by molar-refractivity contribution is 5.50. The van der Waals surface area contributed by atoms with Crippen molar-refractivity contribution in [3.05, 3.63) is 39.8 Å². The number of allylic oxidation sites excluding steroid dienone is 1. The van der Waals surface area contributed by atoms with Crippen molar-refractivity contribution in [1.29, 1.82) is 5.26 Å². The van der Waals surface area contributed by atoms with Gasteiger partial charge in [0.2, 0.25) is 0 Å². The molecule has 1 N–H and O–H groups in total. The number of aromatic nitrogens is 1. The summed E-state index contributed by atoms with van der Waals surface area (Å²) in [5.41, 5.74) is 0.0701. The third-order valence-electron chi connectivity index (χ3n) is 1.23. The van der Waals surface area contributed by atoms with Crippen LogP contribution in [0.5, 0.6) is 0 Å². The van der Waals surface area contributed by atoms with Crippen LogP contribution >= 0.6 is 0 Å². The second-order valence-electron chi connectivity index (χ2n) is 2.02. The highest BCUT2D eigenvalue weighted by Gasteiger charge is 2.07. The molecule has 0 aliphatic heterocycles. The highest BCUT2D eigenvalue weighted by atomic mass is 16.6. The number of H-pyrrole nitrogens is 1. The summed E-state index contributed by atoms with van der Waals surface area (Å²) in [5.74, 6) is 0. The zero-order valence-electron chi connectivity index (χ0n) is 6.02. The zero-order chi connectivity index (χ0) is 8.97. The van der Waals surface area contributed by atoms with Crippen LogP contribution in [-0.2, 0) is 0 Å². The molecular formula is C7H5N3O2. The molecule has 0 saturated heterocycles. The maximum atomic E-state index is 10.2. The number of nitro groups is 1. The molecule has 0 unspecified atom stereocenters. The maximum absolute atomic E-state index is 10.2. The van der Waals surface area contributed by atoms with E-state index in [1.807, 2.05) is 0 Å². The predicted molar refractivity (Wildman–Crippen MR) is 41.4 cm³/mol. The van der Waals surface area contributed by atoms with Crippen molar-refractivity contribution in [2.75, 3.05) is 0 Å². The van der Waals surface area contributed by atoms with E-state index in [9.17, 15) is 10.1 Å². The molecule has 0 amide bonds. The Balaban J connectivity index is 2.95. The van der Waals surface area contributed by atoms with Crippen LogP contribution in [0.1, 0.15) is 5.69 Å². The number of nitrogens with zero attached hydrogens (tertiary/aromatic N) is 2. The average molecular weight is 163 g/mol. The molecule has 0 atom stereocenters. The minimum Gasteiger partial charge on any atom is -0.361 e. The quantitative estimate of drug-likeness (QED) is 0.403. The monoisotopic (exact) mass is 163 g/mol. The summed E-state index contributed by atoms with van der Waals surface area (Å²) in [6.45, 7) is 0. The molecule has 5 heteroatoms. The van der Waals surface area contributed by atoms with Crippen molar-refractivity contribution >= 4 is 6.08 Å². The third-order valence-corrected chi connectivity index (χ3v) is 1.23. The molecule has 1 rings (SSSR count). The molecule has 0 aliphatic carbocycles. The third kappa shape index (κ3) is 1.70. The average Bonchev–Trinajstić information content (AvgIpc) is 2.51. The van der Waals surface area contributed by atoms with Crippen molar-refractivity contribution in [2.24, 2.45) is 0 Å². The van der Waals surface area contributed by atoms with Gasteiger partial charge in [-0.2, -0.15) is 5.26 Å². The molecule has 12 heavy (non-hydrogen) atoms. The number of rotatable bonds is 2. The van der Waals surface area contributed by atoms with Gasteiger partial charge in [-0.15, -0.1) is 0 Å². The smallest absolute Gasteiger partial charge is 0.347 e. The van der Waals surface area contributed by atoms with Gasteiger partial charge in [-0.25, -0.2) is 0 Å². The zero-order valence-corrected chi connectivity index (χ0v) is 6.02. The van der Waals surface area contributed by atoms with Crippen molar-refractivity contribution in [2.45, 2.75) is 0 Å². The summed E-state index contributed by atoms with van der Waals surface area (Å²) in [4.78, 5) is 12.2. The first-order valence-electron chi connectivity index (χ1n) is 3.13. The Morgan fingerprint density at radius 1 is 1.83 bits per heavy atom. The Morgan fingerprint density at radius 3 is 3.00 bits per heavy atom. The number of hydrogen-bond acceptors (Lipinski definition) is 3. The van der Waals surface area contributed by atoms with Gasteiger partial charge in [0.05, 0.1) is 11.0 Å². The molecule has 1 aromatic rings. The number of aromatic amines is 1. The van der Waals surface area contributed by atoms with Gasteiger partial charge in [-0.1, -0.05) is 0 Å². The molecular weight excluding hydrogens is 158 g/mol. The van der Waals surface area contributed by atoms with E-state index in [-0.39, 0.29) is 0 Å². The van der Waals surface area contributed by atoms with E-state index in [2.05, 4.69) is 4.98 Å². The van der Waals surface area contributed by atoms with Gasteiger partial charge < -0.3 is 4.98 Å². The lowest BCUT2D eigenvalue weighted by Gasteiger charge is -1.84. The van der Waals surface area contributed by atoms with E-state index in [1.165, 1.54) is 12.1 Å². The van der Waals surface area contributed by atoms with E-state index in [4.69, 9.17) is 5.26 Å². The fourth-order valence-electron chi connectivity index (χ4n) is 0.707. The minimum atomic E-state index is -0.721. The number of hydrogen-bond donors (Lipinski definition) is 1. The lowest BCUT2D eigenvalue weighted by Crippen LogP contribution is -1.94. The summed E-state index contributed by atoms with van der Waals surface area (Å²) < 4.78 is 0. The molecule has 0 saturated carbocycles. The fraction of sp³-hybridized carbons (Fsp3) is 0. The van der Waals surface area contributed by atoms with Gasteiger partial charge in [-0.3, -0.25) is 10.1 Å². The van der Waals surface area contributed by atoms with Crippen molar-refractivity contribution in [3.8, 4) is 6.07 Å². The molecule has 0 aliphatic rings. The molecule has 1 aromatic heterocycles. The van der Waals surface area contributed by atoms with Gasteiger partial charge in [0.15, 0.2) is 6.07 Å².